The number of ether oxygens (including phenoxy) is 1. The molecule has 0 aliphatic carbocycles. The van der Waals surface area contributed by atoms with Crippen LogP contribution in [0, 0.1) is 0 Å². The number of nitrogens with one attached hydrogen (secondary N) is 1. The summed E-state index contributed by atoms with van der Waals surface area (Å²) in [6.45, 7) is 7.41. The lowest BCUT2D eigenvalue weighted by atomic mass is 9.75. The highest BCUT2D eigenvalue weighted by Gasteiger charge is 2.59. The summed E-state index contributed by atoms with van der Waals surface area (Å²) in [4.78, 5) is 14.5. The van der Waals surface area contributed by atoms with Gasteiger partial charge >= 0.3 is 0 Å². The maximum atomic E-state index is 12.3. The highest BCUT2D eigenvalue weighted by Crippen LogP contribution is 2.52. The average Bonchev–Trinajstić information content (AvgIpc) is 3.06. The molecule has 1 N–H and O–H groups in total. The van der Waals surface area contributed by atoms with Crippen molar-refractivity contribution in [1.82, 2.24) is 5.32 Å². The third kappa shape index (κ3) is 2.32. The molecule has 1 amide bonds. The summed E-state index contributed by atoms with van der Waals surface area (Å²) in [7, 11) is 0. The predicted molar refractivity (Wildman–Crippen MR) is 104 cm³/mol. The van der Waals surface area contributed by atoms with Crippen molar-refractivity contribution < 1.29 is 9.53 Å². The van der Waals surface area contributed by atoms with E-state index in [1.165, 1.54) is 5.56 Å². The van der Waals surface area contributed by atoms with E-state index in [1.807, 2.05) is 37.3 Å². The summed E-state index contributed by atoms with van der Waals surface area (Å²) in [5.74, 6) is 0.927. The average molecular weight is 348 g/mol. The first kappa shape index (κ1) is 16.7. The Bertz CT molecular complexity index is 870. The number of rotatable bonds is 4. The van der Waals surface area contributed by atoms with E-state index in [1.54, 1.807) is 0 Å². The zero-order valence-corrected chi connectivity index (χ0v) is 15.5. The van der Waals surface area contributed by atoms with Gasteiger partial charge in [-0.3, -0.25) is 4.79 Å². The molecule has 4 nitrogen and oxygen atoms in total. The van der Waals surface area contributed by atoms with Crippen molar-refractivity contribution in [2.75, 3.05) is 18.1 Å². The zero-order valence-electron chi connectivity index (χ0n) is 15.5. The number of hydrogen-bond donors (Lipinski definition) is 1. The van der Waals surface area contributed by atoms with E-state index in [0.29, 0.717) is 13.2 Å². The highest BCUT2D eigenvalue weighted by atomic mass is 16.5. The number of hydrogen-bond acceptors (Lipinski definition) is 3. The number of amides is 1. The fourth-order valence-corrected chi connectivity index (χ4v) is 4.20. The van der Waals surface area contributed by atoms with E-state index in [-0.39, 0.29) is 11.3 Å². The standard InChI is InChI=1S/C22H24N2O2/c1-4-26-17-11-9-16(10-12-17)13-14-22-21(2,3)18-7-5-6-8-19(18)24(22)15-20(25)23-22/h5-14H,4,15H2,1-3H3,(H,23,25)/t22-/m0/s1. The number of para-hydroxylation sites is 1. The lowest BCUT2D eigenvalue weighted by Gasteiger charge is -2.40. The Balaban J connectivity index is 1.73. The van der Waals surface area contributed by atoms with E-state index in [9.17, 15) is 4.79 Å². The summed E-state index contributed by atoms with van der Waals surface area (Å²) in [5.41, 5.74) is 2.68. The molecule has 0 saturated carbocycles. The summed E-state index contributed by atoms with van der Waals surface area (Å²) in [6.07, 6.45) is 4.22. The van der Waals surface area contributed by atoms with E-state index in [4.69, 9.17) is 4.74 Å². The second kappa shape index (κ2) is 5.90. The molecule has 2 aromatic carbocycles. The van der Waals surface area contributed by atoms with Crippen LogP contribution in [0.1, 0.15) is 31.9 Å². The smallest absolute Gasteiger partial charge is 0.241 e. The van der Waals surface area contributed by atoms with Gasteiger partial charge in [-0.25, -0.2) is 0 Å². The Labute approximate surface area is 154 Å². The second-order valence-electron chi connectivity index (χ2n) is 7.38. The van der Waals surface area contributed by atoms with Gasteiger partial charge in [0, 0.05) is 11.1 Å². The molecule has 0 spiro atoms. The van der Waals surface area contributed by atoms with Gasteiger partial charge in [0.15, 0.2) is 0 Å². The molecule has 4 rings (SSSR count). The van der Waals surface area contributed by atoms with Gasteiger partial charge in [0.2, 0.25) is 5.91 Å². The Morgan fingerprint density at radius 1 is 1.15 bits per heavy atom. The SMILES string of the molecule is CCOc1ccc(C=C[C@]23NC(=O)CN2c2ccccc2C3(C)C)cc1. The fraction of sp³-hybridized carbons (Fsp3) is 0.318. The van der Waals surface area contributed by atoms with Gasteiger partial charge in [0.05, 0.1) is 13.2 Å². The molecule has 0 radical (unpaired) electrons. The van der Waals surface area contributed by atoms with Gasteiger partial charge in [0.25, 0.3) is 0 Å². The molecule has 2 aliphatic heterocycles. The van der Waals surface area contributed by atoms with Crippen molar-refractivity contribution in [3.8, 4) is 5.75 Å². The quantitative estimate of drug-likeness (QED) is 0.915. The first-order chi connectivity index (χ1) is 12.5. The lowest BCUT2D eigenvalue weighted by Crippen LogP contribution is -2.58. The van der Waals surface area contributed by atoms with Crippen molar-refractivity contribution >= 4 is 17.7 Å². The zero-order chi connectivity index (χ0) is 18.4. The molecule has 26 heavy (non-hydrogen) atoms. The molecule has 0 aromatic heterocycles. The number of nitrogens with zero attached hydrogens (tertiary/aromatic N) is 1. The van der Waals surface area contributed by atoms with Crippen LogP contribution in [0.5, 0.6) is 5.75 Å². The van der Waals surface area contributed by atoms with E-state index < -0.39 is 5.66 Å². The molecule has 0 bridgehead atoms. The van der Waals surface area contributed by atoms with E-state index in [2.05, 4.69) is 54.4 Å². The van der Waals surface area contributed by atoms with E-state index >= 15 is 0 Å². The van der Waals surface area contributed by atoms with Crippen LogP contribution in [0.2, 0.25) is 0 Å². The Morgan fingerprint density at radius 3 is 2.62 bits per heavy atom. The molecule has 2 aliphatic rings. The summed E-state index contributed by atoms with van der Waals surface area (Å²) < 4.78 is 5.51. The minimum atomic E-state index is -0.549. The monoisotopic (exact) mass is 348 g/mol. The molecule has 2 heterocycles. The van der Waals surface area contributed by atoms with Crippen LogP contribution in [0.3, 0.4) is 0 Å². The molecule has 2 aromatic rings. The van der Waals surface area contributed by atoms with Crippen molar-refractivity contribution in [2.45, 2.75) is 31.8 Å². The first-order valence-corrected chi connectivity index (χ1v) is 9.08. The van der Waals surface area contributed by atoms with Gasteiger partial charge in [-0.15, -0.1) is 0 Å². The third-order valence-corrected chi connectivity index (χ3v) is 5.59. The summed E-state index contributed by atoms with van der Waals surface area (Å²) in [6, 6.07) is 16.4. The van der Waals surface area contributed by atoms with Crippen LogP contribution in [0.15, 0.2) is 54.6 Å². The summed E-state index contributed by atoms with van der Waals surface area (Å²) >= 11 is 0. The van der Waals surface area contributed by atoms with E-state index in [0.717, 1.165) is 17.0 Å². The van der Waals surface area contributed by atoms with Gasteiger partial charge < -0.3 is 15.0 Å². The van der Waals surface area contributed by atoms with Crippen LogP contribution >= 0.6 is 0 Å². The highest BCUT2D eigenvalue weighted by molar-refractivity contribution is 5.91. The number of benzene rings is 2. The molecule has 1 atom stereocenters. The van der Waals surface area contributed by atoms with Crippen LogP contribution < -0.4 is 15.0 Å². The second-order valence-corrected chi connectivity index (χ2v) is 7.38. The molecule has 0 unspecified atom stereocenters. The largest absolute Gasteiger partial charge is 0.494 e. The molecule has 4 heteroatoms. The number of fused-ring (bicyclic) bond motifs is 3. The van der Waals surface area contributed by atoms with Crippen LogP contribution in [-0.2, 0) is 10.2 Å². The van der Waals surface area contributed by atoms with Gasteiger partial charge in [-0.05, 0) is 42.3 Å². The Kier molecular flexibility index (Phi) is 3.79. The minimum absolute atomic E-state index is 0.0592. The topological polar surface area (TPSA) is 41.6 Å². The van der Waals surface area contributed by atoms with Crippen LogP contribution in [0.25, 0.3) is 6.08 Å². The fourth-order valence-electron chi connectivity index (χ4n) is 4.20. The van der Waals surface area contributed by atoms with Crippen molar-refractivity contribution in [2.24, 2.45) is 0 Å². The van der Waals surface area contributed by atoms with Gasteiger partial charge in [-0.2, -0.15) is 0 Å². The van der Waals surface area contributed by atoms with Gasteiger partial charge in [0.1, 0.15) is 11.4 Å². The molecular weight excluding hydrogens is 324 g/mol. The molecule has 1 fully saturated rings. The summed E-state index contributed by atoms with van der Waals surface area (Å²) in [5, 5.41) is 3.24. The predicted octanol–water partition coefficient (Wildman–Crippen LogP) is 3.72. The lowest BCUT2D eigenvalue weighted by molar-refractivity contribution is -0.118. The number of anilines is 1. The minimum Gasteiger partial charge on any atom is -0.494 e. The molecule has 134 valence electrons. The normalized spacial score (nSPS) is 23.0. The van der Waals surface area contributed by atoms with Crippen LogP contribution in [0.4, 0.5) is 5.69 Å². The molecule has 1 saturated heterocycles. The van der Waals surface area contributed by atoms with Crippen LogP contribution in [-0.4, -0.2) is 24.7 Å². The molecular formula is C22H24N2O2. The number of carbonyl (C=O) groups excluding carboxylic acids is 1. The van der Waals surface area contributed by atoms with Crippen molar-refractivity contribution in [3.63, 3.8) is 0 Å². The van der Waals surface area contributed by atoms with Crippen molar-refractivity contribution in [3.05, 3.63) is 65.7 Å². The first-order valence-electron chi connectivity index (χ1n) is 9.08. The maximum Gasteiger partial charge on any atom is 0.241 e. The number of carbonyl (C=O) groups is 1. The Hall–Kier alpha value is -2.75. The third-order valence-electron chi connectivity index (χ3n) is 5.59. The van der Waals surface area contributed by atoms with Gasteiger partial charge in [-0.1, -0.05) is 50.3 Å². The Morgan fingerprint density at radius 2 is 1.88 bits per heavy atom. The van der Waals surface area contributed by atoms with Crippen molar-refractivity contribution in [1.29, 1.82) is 0 Å². The maximum absolute atomic E-state index is 12.3.